The van der Waals surface area contributed by atoms with Gasteiger partial charge in [-0.1, -0.05) is 49.9 Å². The molecule has 0 aromatic heterocycles. The van der Waals surface area contributed by atoms with Gasteiger partial charge in [0.05, 0.1) is 12.7 Å². The van der Waals surface area contributed by atoms with E-state index in [9.17, 15) is 4.79 Å². The number of nitrogens with zero attached hydrogens (tertiary/aromatic N) is 2. The normalized spacial score (nSPS) is 13.5. The number of hydrogen-bond donors (Lipinski definition) is 1. The summed E-state index contributed by atoms with van der Waals surface area (Å²) in [6.07, 6.45) is 12.8. The van der Waals surface area contributed by atoms with E-state index in [-0.39, 0.29) is 11.8 Å². The molecule has 41 heavy (non-hydrogen) atoms. The summed E-state index contributed by atoms with van der Waals surface area (Å²) in [6, 6.07) is 19.4. The van der Waals surface area contributed by atoms with Crippen molar-refractivity contribution >= 4 is 11.5 Å². The number of hydrogen-bond acceptors (Lipinski definition) is 4. The summed E-state index contributed by atoms with van der Waals surface area (Å²) in [4.78, 5) is 13.6. The summed E-state index contributed by atoms with van der Waals surface area (Å²) in [5, 5.41) is 11.4. The predicted octanol–water partition coefficient (Wildman–Crippen LogP) is 7.99. The van der Waals surface area contributed by atoms with Gasteiger partial charge in [-0.25, -0.2) is 0 Å². The molecule has 5 heteroatoms. The zero-order chi connectivity index (χ0) is 29.7. The van der Waals surface area contributed by atoms with Gasteiger partial charge >= 0.3 is 0 Å². The maximum absolute atomic E-state index is 11.1. The summed E-state index contributed by atoms with van der Waals surface area (Å²) in [7, 11) is 1.68. The lowest BCUT2D eigenvalue weighted by molar-refractivity contribution is -0.120. The standard InChI is InChI=1S/C20H30N2O.C16H23NO/c1-18(17-21)7-2-5-16-23-20-11-9-19(10-12-20)8-6-15-22-13-3-4-14-22;1-4-14-9-11-15(12-10-14)13(2)7-5-6-8-16(18)17-3/h9-12,18H,2-8,13-16H2,1H3;9-12H,2,4-8H2,1,3H3,(H,17,18). The van der Waals surface area contributed by atoms with E-state index in [1.807, 2.05) is 6.92 Å². The molecule has 224 valence electrons. The first kappa shape index (κ1) is 34.1. The first-order valence-electron chi connectivity index (χ1n) is 15.8. The molecule has 0 aliphatic carbocycles. The Bertz CT molecular complexity index is 1030. The Morgan fingerprint density at radius 3 is 2.27 bits per heavy atom. The third-order valence-corrected chi connectivity index (χ3v) is 7.76. The monoisotopic (exact) mass is 559 g/mol. The molecular weight excluding hydrogens is 506 g/mol. The summed E-state index contributed by atoms with van der Waals surface area (Å²) in [6.45, 7) is 12.8. The molecule has 2 aromatic carbocycles. The van der Waals surface area contributed by atoms with Crippen LogP contribution in [0.1, 0.15) is 94.7 Å². The number of likely N-dealkylation sites (tertiary alicyclic amines) is 1. The highest BCUT2D eigenvalue weighted by atomic mass is 16.5. The van der Waals surface area contributed by atoms with Gasteiger partial charge in [0.15, 0.2) is 0 Å². The molecule has 0 spiro atoms. The van der Waals surface area contributed by atoms with Crippen LogP contribution in [0.25, 0.3) is 5.57 Å². The molecule has 1 N–H and O–H groups in total. The molecule has 1 unspecified atom stereocenters. The second kappa shape index (κ2) is 20.7. The van der Waals surface area contributed by atoms with Crippen molar-refractivity contribution in [3.05, 3.63) is 71.8 Å². The van der Waals surface area contributed by atoms with Gasteiger partial charge in [0, 0.05) is 19.4 Å². The Hall–Kier alpha value is -3.10. The molecule has 1 aliphatic rings. The predicted molar refractivity (Wildman–Crippen MR) is 172 cm³/mol. The van der Waals surface area contributed by atoms with E-state index in [0.29, 0.717) is 6.42 Å². The third-order valence-electron chi connectivity index (χ3n) is 7.76. The van der Waals surface area contributed by atoms with Gasteiger partial charge in [-0.3, -0.25) is 4.79 Å². The third kappa shape index (κ3) is 14.9. The summed E-state index contributed by atoms with van der Waals surface area (Å²) < 4.78 is 5.77. The Morgan fingerprint density at radius 1 is 0.976 bits per heavy atom. The Balaban J connectivity index is 0.000000296. The Labute approximate surface area is 250 Å². The van der Waals surface area contributed by atoms with Crippen molar-refractivity contribution in [1.82, 2.24) is 10.2 Å². The first-order valence-corrected chi connectivity index (χ1v) is 15.8. The van der Waals surface area contributed by atoms with Crippen LogP contribution in [0.2, 0.25) is 0 Å². The van der Waals surface area contributed by atoms with E-state index in [1.165, 1.54) is 55.6 Å². The van der Waals surface area contributed by atoms with Crippen LogP contribution in [0.5, 0.6) is 5.75 Å². The zero-order valence-corrected chi connectivity index (χ0v) is 25.9. The molecule has 3 rings (SSSR count). The van der Waals surface area contributed by atoms with Crippen LogP contribution in [0.4, 0.5) is 0 Å². The molecule has 1 aliphatic heterocycles. The number of benzene rings is 2. The van der Waals surface area contributed by atoms with Gasteiger partial charge in [-0.05, 0) is 132 Å². The van der Waals surface area contributed by atoms with E-state index in [1.54, 1.807) is 7.05 Å². The largest absolute Gasteiger partial charge is 0.494 e. The van der Waals surface area contributed by atoms with Crippen LogP contribution < -0.4 is 10.1 Å². The number of carbonyl (C=O) groups is 1. The molecule has 0 bridgehead atoms. The fourth-order valence-electron chi connectivity index (χ4n) is 4.94. The molecular formula is C36H53N3O2. The number of carbonyl (C=O) groups excluding carboxylic acids is 1. The lowest BCUT2D eigenvalue weighted by Gasteiger charge is -2.14. The summed E-state index contributed by atoms with van der Waals surface area (Å²) in [5.41, 5.74) is 5.13. The minimum Gasteiger partial charge on any atom is -0.494 e. The summed E-state index contributed by atoms with van der Waals surface area (Å²) in [5.74, 6) is 1.24. The molecule has 0 radical (unpaired) electrons. The SMILES string of the molecule is C=C(CCCCC(=O)NC)c1ccc(CC)cc1.CC(C#N)CCCCOc1ccc(CCCN2CCCC2)cc1. The van der Waals surface area contributed by atoms with Crippen LogP contribution in [-0.4, -0.2) is 44.1 Å². The highest BCUT2D eigenvalue weighted by Gasteiger charge is 2.10. The topological polar surface area (TPSA) is 65.4 Å². The van der Waals surface area contributed by atoms with Gasteiger partial charge < -0.3 is 15.0 Å². The van der Waals surface area contributed by atoms with Crippen molar-refractivity contribution in [2.75, 3.05) is 33.3 Å². The van der Waals surface area contributed by atoms with Crippen LogP contribution in [-0.2, 0) is 17.6 Å². The van der Waals surface area contributed by atoms with Crippen molar-refractivity contribution < 1.29 is 9.53 Å². The average molecular weight is 560 g/mol. The van der Waals surface area contributed by atoms with E-state index in [2.05, 4.69) is 78.3 Å². The first-order chi connectivity index (χ1) is 19.9. The minimum atomic E-state index is 0.118. The van der Waals surface area contributed by atoms with E-state index in [0.717, 1.165) is 69.3 Å². The highest BCUT2D eigenvalue weighted by molar-refractivity contribution is 5.75. The number of unbranched alkanes of at least 4 members (excludes halogenated alkanes) is 2. The maximum atomic E-state index is 11.1. The minimum absolute atomic E-state index is 0.118. The number of amides is 1. The van der Waals surface area contributed by atoms with Crippen LogP contribution in [0.15, 0.2) is 55.1 Å². The van der Waals surface area contributed by atoms with E-state index >= 15 is 0 Å². The van der Waals surface area contributed by atoms with Gasteiger partial charge in [-0.2, -0.15) is 5.26 Å². The highest BCUT2D eigenvalue weighted by Crippen LogP contribution is 2.20. The number of allylic oxidation sites excluding steroid dienone is 1. The fraction of sp³-hybridized carbons (Fsp3) is 0.556. The van der Waals surface area contributed by atoms with E-state index in [4.69, 9.17) is 10.00 Å². The zero-order valence-electron chi connectivity index (χ0n) is 25.9. The molecule has 1 heterocycles. The van der Waals surface area contributed by atoms with Crippen LogP contribution in [0.3, 0.4) is 0 Å². The van der Waals surface area contributed by atoms with Crippen molar-refractivity contribution in [3.8, 4) is 11.8 Å². The molecule has 1 saturated heterocycles. The quantitative estimate of drug-likeness (QED) is 0.200. The van der Waals surface area contributed by atoms with Crippen molar-refractivity contribution in [1.29, 1.82) is 5.26 Å². The second-order valence-corrected chi connectivity index (χ2v) is 11.2. The Morgan fingerprint density at radius 2 is 1.63 bits per heavy atom. The van der Waals surface area contributed by atoms with Crippen LogP contribution >= 0.6 is 0 Å². The smallest absolute Gasteiger partial charge is 0.219 e. The lowest BCUT2D eigenvalue weighted by atomic mass is 9.99. The van der Waals surface area contributed by atoms with Crippen molar-refractivity contribution in [2.24, 2.45) is 5.92 Å². The van der Waals surface area contributed by atoms with E-state index < -0.39 is 0 Å². The molecule has 2 aromatic rings. The second-order valence-electron chi connectivity index (χ2n) is 11.2. The molecule has 1 fully saturated rings. The maximum Gasteiger partial charge on any atom is 0.219 e. The number of rotatable bonds is 17. The number of aryl methyl sites for hydroxylation is 2. The van der Waals surface area contributed by atoms with Gasteiger partial charge in [0.2, 0.25) is 5.91 Å². The lowest BCUT2D eigenvalue weighted by Crippen LogP contribution is -2.20. The molecule has 0 saturated carbocycles. The molecule has 5 nitrogen and oxygen atoms in total. The Kier molecular flexibility index (Phi) is 17.2. The number of nitrogens with one attached hydrogen (secondary N) is 1. The number of ether oxygens (including phenoxy) is 1. The van der Waals surface area contributed by atoms with Gasteiger partial charge in [0.25, 0.3) is 0 Å². The average Bonchev–Trinajstić information content (AvgIpc) is 3.53. The van der Waals surface area contributed by atoms with Crippen molar-refractivity contribution in [2.45, 2.75) is 90.9 Å². The van der Waals surface area contributed by atoms with Gasteiger partial charge in [-0.15, -0.1) is 0 Å². The van der Waals surface area contributed by atoms with Crippen molar-refractivity contribution in [3.63, 3.8) is 0 Å². The summed E-state index contributed by atoms with van der Waals surface area (Å²) >= 11 is 0. The number of nitriles is 1. The van der Waals surface area contributed by atoms with Crippen LogP contribution in [0, 0.1) is 17.2 Å². The van der Waals surface area contributed by atoms with Gasteiger partial charge in [0.1, 0.15) is 5.75 Å². The fourth-order valence-corrected chi connectivity index (χ4v) is 4.94. The molecule has 1 atom stereocenters. The molecule has 1 amide bonds.